The highest BCUT2D eigenvalue weighted by atomic mass is 79.9. The lowest BCUT2D eigenvalue weighted by molar-refractivity contribution is 0.232. The summed E-state index contributed by atoms with van der Waals surface area (Å²) in [6.07, 6.45) is 0. The fraction of sp³-hybridized carbons (Fsp3) is 0.222. The van der Waals surface area contributed by atoms with Gasteiger partial charge in [0.15, 0.2) is 0 Å². The molecule has 1 aromatic rings. The Kier molecular flexibility index (Phi) is 3.81. The van der Waals surface area contributed by atoms with Crippen LogP contribution in [0, 0.1) is 0 Å². The molecule has 0 aliphatic rings. The first-order valence-electron chi connectivity index (χ1n) is 3.78. The van der Waals surface area contributed by atoms with Gasteiger partial charge in [-0.25, -0.2) is 0 Å². The van der Waals surface area contributed by atoms with Crippen LogP contribution in [0.15, 0.2) is 28.7 Å². The van der Waals surface area contributed by atoms with E-state index in [1.165, 1.54) is 0 Å². The van der Waals surface area contributed by atoms with Gasteiger partial charge in [0.25, 0.3) is 5.24 Å². The number of carbonyl (C=O) groups is 1. The lowest BCUT2D eigenvalue weighted by atomic mass is 10.2. The standard InChI is InChI=1S/C9H10BrNOS/c1-11(9(12)13)6-7-2-4-8(10)5-3-7/h2-5H,6H2,1H3,(H,12,13). The Hall–Kier alpha value is -0.480. The van der Waals surface area contributed by atoms with Crippen LogP contribution in [0.5, 0.6) is 0 Å². The smallest absolute Gasteiger partial charge is 0.278 e. The molecule has 1 aromatic carbocycles. The van der Waals surface area contributed by atoms with Crippen LogP contribution in [-0.2, 0) is 6.54 Å². The Morgan fingerprint density at radius 2 is 2.00 bits per heavy atom. The second kappa shape index (κ2) is 4.67. The third-order valence-electron chi connectivity index (χ3n) is 1.66. The monoisotopic (exact) mass is 259 g/mol. The Morgan fingerprint density at radius 3 is 2.46 bits per heavy atom. The number of hydrogen-bond donors (Lipinski definition) is 1. The van der Waals surface area contributed by atoms with Crippen LogP contribution in [0.4, 0.5) is 4.79 Å². The van der Waals surface area contributed by atoms with Crippen molar-refractivity contribution in [3.8, 4) is 0 Å². The number of nitrogens with zero attached hydrogens (tertiary/aromatic N) is 1. The minimum absolute atomic E-state index is 0.220. The summed E-state index contributed by atoms with van der Waals surface area (Å²) in [5.74, 6) is 0. The zero-order valence-corrected chi connectivity index (χ0v) is 9.68. The molecule has 0 heterocycles. The topological polar surface area (TPSA) is 20.3 Å². The zero-order chi connectivity index (χ0) is 9.84. The van der Waals surface area contributed by atoms with Crippen molar-refractivity contribution in [3.05, 3.63) is 34.3 Å². The summed E-state index contributed by atoms with van der Waals surface area (Å²) < 4.78 is 1.04. The molecular weight excluding hydrogens is 250 g/mol. The Labute approximate surface area is 91.5 Å². The number of thiol groups is 1. The molecule has 1 rings (SSSR count). The number of hydrogen-bond acceptors (Lipinski definition) is 1. The van der Waals surface area contributed by atoms with Crippen LogP contribution >= 0.6 is 28.6 Å². The maximum Gasteiger partial charge on any atom is 0.278 e. The second-order valence-corrected chi connectivity index (χ2v) is 4.06. The van der Waals surface area contributed by atoms with Crippen LogP contribution in [-0.4, -0.2) is 17.2 Å². The highest BCUT2D eigenvalue weighted by Crippen LogP contribution is 2.12. The first kappa shape index (κ1) is 10.6. The molecule has 13 heavy (non-hydrogen) atoms. The van der Waals surface area contributed by atoms with Gasteiger partial charge in [0.1, 0.15) is 0 Å². The normalized spacial score (nSPS) is 9.77. The first-order chi connectivity index (χ1) is 6.09. The van der Waals surface area contributed by atoms with Crippen LogP contribution in [0.1, 0.15) is 5.56 Å². The number of amides is 1. The summed E-state index contributed by atoms with van der Waals surface area (Å²) in [6.45, 7) is 0.593. The molecule has 1 amide bonds. The van der Waals surface area contributed by atoms with Crippen molar-refractivity contribution < 1.29 is 4.79 Å². The van der Waals surface area contributed by atoms with Crippen LogP contribution in [0.25, 0.3) is 0 Å². The molecule has 0 aliphatic carbocycles. The molecule has 4 heteroatoms. The molecule has 0 aromatic heterocycles. The maximum atomic E-state index is 10.8. The highest BCUT2D eigenvalue weighted by Gasteiger charge is 2.03. The van der Waals surface area contributed by atoms with Gasteiger partial charge in [0.05, 0.1) is 0 Å². The van der Waals surface area contributed by atoms with Gasteiger partial charge in [0.2, 0.25) is 0 Å². The van der Waals surface area contributed by atoms with E-state index in [4.69, 9.17) is 0 Å². The van der Waals surface area contributed by atoms with Gasteiger partial charge in [-0.2, -0.15) is 0 Å². The lowest BCUT2D eigenvalue weighted by Gasteiger charge is -2.13. The minimum atomic E-state index is -0.220. The minimum Gasteiger partial charge on any atom is -0.333 e. The van der Waals surface area contributed by atoms with Crippen molar-refractivity contribution in [3.63, 3.8) is 0 Å². The Balaban J connectivity index is 2.64. The summed E-state index contributed by atoms with van der Waals surface area (Å²) in [7, 11) is 1.72. The molecule has 70 valence electrons. The molecule has 0 N–H and O–H groups in total. The molecular formula is C9H10BrNOS. The molecule has 0 spiro atoms. The van der Waals surface area contributed by atoms with E-state index < -0.39 is 0 Å². The molecule has 0 saturated heterocycles. The van der Waals surface area contributed by atoms with E-state index >= 15 is 0 Å². The highest BCUT2D eigenvalue weighted by molar-refractivity contribution is 9.10. The van der Waals surface area contributed by atoms with Gasteiger partial charge in [-0.05, 0) is 17.7 Å². The molecule has 0 atom stereocenters. The SMILES string of the molecule is CN(Cc1ccc(Br)cc1)C(=O)S. The molecule has 0 radical (unpaired) electrons. The average Bonchev–Trinajstić information content (AvgIpc) is 2.08. The maximum absolute atomic E-state index is 10.8. The van der Waals surface area contributed by atoms with Crippen molar-refractivity contribution >= 4 is 33.8 Å². The molecule has 2 nitrogen and oxygen atoms in total. The van der Waals surface area contributed by atoms with Gasteiger partial charge < -0.3 is 4.90 Å². The lowest BCUT2D eigenvalue weighted by Crippen LogP contribution is -2.19. The van der Waals surface area contributed by atoms with Crippen molar-refractivity contribution in [2.45, 2.75) is 6.54 Å². The van der Waals surface area contributed by atoms with Crippen LogP contribution < -0.4 is 0 Å². The van der Waals surface area contributed by atoms with E-state index in [9.17, 15) is 4.79 Å². The predicted molar refractivity (Wildman–Crippen MR) is 60.0 cm³/mol. The fourth-order valence-electron chi connectivity index (χ4n) is 0.931. The number of rotatable bonds is 2. The zero-order valence-electron chi connectivity index (χ0n) is 7.20. The van der Waals surface area contributed by atoms with Crippen molar-refractivity contribution in [2.24, 2.45) is 0 Å². The summed E-state index contributed by atoms with van der Waals surface area (Å²) in [4.78, 5) is 12.3. The van der Waals surface area contributed by atoms with Crippen LogP contribution in [0.2, 0.25) is 0 Å². The summed E-state index contributed by atoms with van der Waals surface area (Å²) >= 11 is 7.07. The Bertz CT molecular complexity index is 299. The average molecular weight is 260 g/mol. The number of halogens is 1. The third-order valence-corrected chi connectivity index (χ3v) is 2.53. The predicted octanol–water partition coefficient (Wildman–Crippen LogP) is 2.93. The Morgan fingerprint density at radius 1 is 1.46 bits per heavy atom. The summed E-state index contributed by atoms with van der Waals surface area (Å²) in [6, 6.07) is 7.84. The second-order valence-electron chi connectivity index (χ2n) is 2.77. The van der Waals surface area contributed by atoms with E-state index in [1.807, 2.05) is 24.3 Å². The van der Waals surface area contributed by atoms with Crippen molar-refractivity contribution in [1.29, 1.82) is 0 Å². The van der Waals surface area contributed by atoms with E-state index in [0.717, 1.165) is 10.0 Å². The largest absolute Gasteiger partial charge is 0.333 e. The first-order valence-corrected chi connectivity index (χ1v) is 5.02. The number of benzene rings is 1. The third kappa shape index (κ3) is 3.40. The van der Waals surface area contributed by atoms with Gasteiger partial charge in [-0.3, -0.25) is 4.79 Å². The van der Waals surface area contributed by atoms with Gasteiger partial charge in [-0.15, -0.1) is 0 Å². The van der Waals surface area contributed by atoms with E-state index in [0.29, 0.717) is 6.54 Å². The fourth-order valence-corrected chi connectivity index (χ4v) is 1.27. The van der Waals surface area contributed by atoms with Gasteiger partial charge in [-0.1, -0.05) is 40.7 Å². The van der Waals surface area contributed by atoms with E-state index in [2.05, 4.69) is 28.6 Å². The molecule has 0 fully saturated rings. The van der Waals surface area contributed by atoms with Gasteiger partial charge >= 0.3 is 0 Å². The number of carbonyl (C=O) groups excluding carboxylic acids is 1. The van der Waals surface area contributed by atoms with Crippen molar-refractivity contribution in [2.75, 3.05) is 7.05 Å². The van der Waals surface area contributed by atoms with Crippen LogP contribution in [0.3, 0.4) is 0 Å². The molecule has 0 bridgehead atoms. The summed E-state index contributed by atoms with van der Waals surface area (Å²) in [5.41, 5.74) is 1.09. The van der Waals surface area contributed by atoms with E-state index in [-0.39, 0.29) is 5.24 Å². The van der Waals surface area contributed by atoms with Crippen molar-refractivity contribution in [1.82, 2.24) is 4.90 Å². The molecule has 0 aliphatic heterocycles. The summed E-state index contributed by atoms with van der Waals surface area (Å²) in [5, 5.41) is -0.220. The molecule has 0 saturated carbocycles. The van der Waals surface area contributed by atoms with Gasteiger partial charge in [0, 0.05) is 18.1 Å². The molecule has 0 unspecified atom stereocenters. The quantitative estimate of drug-likeness (QED) is 0.810. The van der Waals surface area contributed by atoms with E-state index in [1.54, 1.807) is 11.9 Å².